The van der Waals surface area contributed by atoms with Crippen LogP contribution in [0.25, 0.3) is 0 Å². The van der Waals surface area contributed by atoms with Crippen molar-refractivity contribution in [2.24, 2.45) is 0 Å². The van der Waals surface area contributed by atoms with Gasteiger partial charge in [-0.3, -0.25) is 4.79 Å². The van der Waals surface area contributed by atoms with Gasteiger partial charge in [-0.05, 0) is 43.4 Å². The zero-order valence-electron chi connectivity index (χ0n) is 12.4. The number of hydrogen-bond acceptors (Lipinski definition) is 3. The van der Waals surface area contributed by atoms with E-state index in [0.29, 0.717) is 12.2 Å². The molecule has 0 spiro atoms. The average molecular weight is 323 g/mol. The zero-order valence-corrected chi connectivity index (χ0v) is 12.4. The number of carbonyl (C=O) groups is 1. The predicted octanol–water partition coefficient (Wildman–Crippen LogP) is 3.55. The molecular weight excluding hydrogens is 307 g/mol. The third-order valence-electron chi connectivity index (χ3n) is 3.04. The number of halogens is 3. The van der Waals surface area contributed by atoms with Crippen LogP contribution in [0.15, 0.2) is 48.5 Å². The maximum atomic E-state index is 12.7. The molecule has 3 N–H and O–H groups in total. The third-order valence-corrected chi connectivity index (χ3v) is 3.04. The van der Waals surface area contributed by atoms with Gasteiger partial charge in [0.15, 0.2) is 0 Å². The normalized spacial score (nSPS) is 11.1. The Morgan fingerprint density at radius 3 is 2.43 bits per heavy atom. The van der Waals surface area contributed by atoms with E-state index >= 15 is 0 Å². The van der Waals surface area contributed by atoms with Crippen LogP contribution >= 0.6 is 0 Å². The molecule has 0 fully saturated rings. The summed E-state index contributed by atoms with van der Waals surface area (Å²) in [6, 6.07) is 11.2. The molecule has 2 aromatic carbocycles. The van der Waals surface area contributed by atoms with Crippen LogP contribution in [0.2, 0.25) is 0 Å². The minimum Gasteiger partial charge on any atom is -0.372 e. The molecule has 0 aromatic heterocycles. The fourth-order valence-electron chi connectivity index (χ4n) is 1.94. The van der Waals surface area contributed by atoms with E-state index in [0.717, 1.165) is 17.8 Å². The highest BCUT2D eigenvalue weighted by atomic mass is 19.4. The van der Waals surface area contributed by atoms with Gasteiger partial charge in [0.2, 0.25) is 0 Å². The summed E-state index contributed by atoms with van der Waals surface area (Å²) in [5.41, 5.74) is 0.373. The molecule has 23 heavy (non-hydrogen) atoms. The zero-order chi connectivity index (χ0) is 16.9. The molecule has 2 rings (SSSR count). The number of benzene rings is 2. The summed E-state index contributed by atoms with van der Waals surface area (Å²) < 4.78 is 38.0. The standard InChI is InChI=1S/C16H16F3N3O/c1-20-10-21-13-6-2-4-11(8-13)15(23)22-14-7-3-5-12(9-14)16(17,18)19/h2-9,20-21H,10H2,1H3,(H,22,23). The minimum absolute atomic E-state index is 0.0958. The SMILES string of the molecule is CNCNc1cccc(C(=O)Nc2cccc(C(F)(F)F)c2)c1. The van der Waals surface area contributed by atoms with Crippen molar-refractivity contribution < 1.29 is 18.0 Å². The summed E-state index contributed by atoms with van der Waals surface area (Å²) in [7, 11) is 1.77. The monoisotopic (exact) mass is 323 g/mol. The van der Waals surface area contributed by atoms with Gasteiger partial charge in [-0.1, -0.05) is 12.1 Å². The fraction of sp³-hybridized carbons (Fsp3) is 0.188. The Labute approximate surface area is 131 Å². The van der Waals surface area contributed by atoms with Gasteiger partial charge in [-0.25, -0.2) is 0 Å². The molecule has 2 aromatic rings. The lowest BCUT2D eigenvalue weighted by atomic mass is 10.1. The summed E-state index contributed by atoms with van der Waals surface area (Å²) in [6.45, 7) is 0.526. The Hall–Kier alpha value is -2.54. The number of alkyl halides is 3. The van der Waals surface area contributed by atoms with Crippen LogP contribution in [0.4, 0.5) is 24.5 Å². The minimum atomic E-state index is -4.45. The van der Waals surface area contributed by atoms with E-state index in [1.165, 1.54) is 12.1 Å². The van der Waals surface area contributed by atoms with Crippen LogP contribution in [0.1, 0.15) is 15.9 Å². The second kappa shape index (κ2) is 7.15. The van der Waals surface area contributed by atoms with Gasteiger partial charge in [0.1, 0.15) is 0 Å². The highest BCUT2D eigenvalue weighted by Gasteiger charge is 2.30. The lowest BCUT2D eigenvalue weighted by Gasteiger charge is -2.11. The topological polar surface area (TPSA) is 53.2 Å². The Kier molecular flexibility index (Phi) is 5.23. The number of anilines is 2. The maximum absolute atomic E-state index is 12.7. The Bertz CT molecular complexity index is 686. The van der Waals surface area contributed by atoms with E-state index in [-0.39, 0.29) is 5.69 Å². The van der Waals surface area contributed by atoms with Crippen LogP contribution in [-0.2, 0) is 6.18 Å². The first-order chi connectivity index (χ1) is 10.9. The molecule has 4 nitrogen and oxygen atoms in total. The molecule has 0 unspecified atom stereocenters. The lowest BCUT2D eigenvalue weighted by molar-refractivity contribution is -0.137. The predicted molar refractivity (Wildman–Crippen MR) is 83.4 cm³/mol. The average Bonchev–Trinajstić information content (AvgIpc) is 2.52. The number of hydrogen-bond donors (Lipinski definition) is 3. The van der Waals surface area contributed by atoms with Crippen molar-refractivity contribution in [3.63, 3.8) is 0 Å². The molecule has 7 heteroatoms. The second-order valence-electron chi connectivity index (χ2n) is 4.82. The third kappa shape index (κ3) is 4.72. The van der Waals surface area contributed by atoms with Gasteiger partial charge >= 0.3 is 6.18 Å². The summed E-state index contributed by atoms with van der Waals surface area (Å²) in [5, 5.41) is 8.42. The molecule has 0 heterocycles. The van der Waals surface area contributed by atoms with E-state index in [9.17, 15) is 18.0 Å². The van der Waals surface area contributed by atoms with Crippen molar-refractivity contribution in [3.05, 3.63) is 59.7 Å². The van der Waals surface area contributed by atoms with Crippen LogP contribution < -0.4 is 16.0 Å². The lowest BCUT2D eigenvalue weighted by Crippen LogP contribution is -2.17. The largest absolute Gasteiger partial charge is 0.416 e. The van der Waals surface area contributed by atoms with Gasteiger partial charge in [0.05, 0.1) is 12.2 Å². The molecule has 1 amide bonds. The molecule has 0 atom stereocenters. The first kappa shape index (κ1) is 16.8. The highest BCUT2D eigenvalue weighted by Crippen LogP contribution is 2.30. The van der Waals surface area contributed by atoms with Crippen molar-refractivity contribution in [2.45, 2.75) is 6.18 Å². The van der Waals surface area contributed by atoms with Crippen LogP contribution in [-0.4, -0.2) is 19.6 Å². The van der Waals surface area contributed by atoms with E-state index in [1.807, 2.05) is 0 Å². The molecule has 0 bridgehead atoms. The molecular formula is C16H16F3N3O. The fourth-order valence-corrected chi connectivity index (χ4v) is 1.94. The van der Waals surface area contributed by atoms with Gasteiger partial charge in [0.25, 0.3) is 5.91 Å². The van der Waals surface area contributed by atoms with E-state index in [1.54, 1.807) is 31.3 Å². The van der Waals surface area contributed by atoms with Gasteiger partial charge < -0.3 is 16.0 Å². The summed E-state index contributed by atoms with van der Waals surface area (Å²) in [6.07, 6.45) is -4.45. The number of rotatable bonds is 5. The van der Waals surface area contributed by atoms with Gasteiger partial charge in [-0.15, -0.1) is 0 Å². The number of carbonyl (C=O) groups excluding carboxylic acids is 1. The van der Waals surface area contributed by atoms with Gasteiger partial charge in [0, 0.05) is 16.9 Å². The van der Waals surface area contributed by atoms with Gasteiger partial charge in [-0.2, -0.15) is 13.2 Å². The van der Waals surface area contributed by atoms with Crippen molar-refractivity contribution in [2.75, 3.05) is 24.3 Å². The summed E-state index contributed by atoms with van der Waals surface area (Å²) in [4.78, 5) is 12.2. The molecule has 122 valence electrons. The van der Waals surface area contributed by atoms with Crippen molar-refractivity contribution in [1.29, 1.82) is 0 Å². The Morgan fingerprint density at radius 2 is 1.74 bits per heavy atom. The molecule has 0 radical (unpaired) electrons. The Balaban J connectivity index is 2.13. The summed E-state index contributed by atoms with van der Waals surface area (Å²) >= 11 is 0. The first-order valence-corrected chi connectivity index (χ1v) is 6.87. The van der Waals surface area contributed by atoms with Crippen LogP contribution in [0.3, 0.4) is 0 Å². The highest BCUT2D eigenvalue weighted by molar-refractivity contribution is 6.04. The Morgan fingerprint density at radius 1 is 1.04 bits per heavy atom. The number of nitrogens with one attached hydrogen (secondary N) is 3. The molecule has 0 aliphatic carbocycles. The van der Waals surface area contributed by atoms with Crippen molar-refractivity contribution in [3.8, 4) is 0 Å². The van der Waals surface area contributed by atoms with E-state index < -0.39 is 17.6 Å². The molecule has 0 saturated heterocycles. The van der Waals surface area contributed by atoms with Crippen molar-refractivity contribution >= 4 is 17.3 Å². The summed E-state index contributed by atoms with van der Waals surface area (Å²) in [5.74, 6) is -0.475. The second-order valence-corrected chi connectivity index (χ2v) is 4.82. The van der Waals surface area contributed by atoms with E-state index in [4.69, 9.17) is 0 Å². The molecule has 0 aliphatic heterocycles. The smallest absolute Gasteiger partial charge is 0.372 e. The number of amides is 1. The van der Waals surface area contributed by atoms with E-state index in [2.05, 4.69) is 16.0 Å². The van der Waals surface area contributed by atoms with Crippen LogP contribution in [0, 0.1) is 0 Å². The molecule has 0 aliphatic rings. The van der Waals surface area contributed by atoms with Crippen LogP contribution in [0.5, 0.6) is 0 Å². The maximum Gasteiger partial charge on any atom is 0.416 e. The van der Waals surface area contributed by atoms with Crippen molar-refractivity contribution in [1.82, 2.24) is 5.32 Å². The quantitative estimate of drug-likeness (QED) is 0.738. The molecule has 0 saturated carbocycles. The first-order valence-electron chi connectivity index (χ1n) is 6.87.